The number of amides is 1. The van der Waals surface area contributed by atoms with Crippen molar-refractivity contribution < 1.29 is 24.9 Å². The molecule has 25 heavy (non-hydrogen) atoms. The van der Waals surface area contributed by atoms with Gasteiger partial charge in [0.25, 0.3) is 0 Å². The third kappa shape index (κ3) is 7.50. The number of nitrogens with one attached hydrogen (secondary N) is 1. The van der Waals surface area contributed by atoms with E-state index in [9.17, 15) is 20.1 Å². The van der Waals surface area contributed by atoms with Crippen LogP contribution >= 0.6 is 11.8 Å². The van der Waals surface area contributed by atoms with E-state index in [1.54, 1.807) is 0 Å². The Labute approximate surface area is 154 Å². The van der Waals surface area contributed by atoms with Gasteiger partial charge >= 0.3 is 0 Å². The van der Waals surface area contributed by atoms with E-state index in [2.05, 4.69) is 38.2 Å². The minimum Gasteiger partial charge on any atom is -0.394 e. The minimum atomic E-state index is -1.24. The van der Waals surface area contributed by atoms with Crippen LogP contribution in [0.4, 0.5) is 0 Å². The Morgan fingerprint density at radius 3 is 2.40 bits per heavy atom. The highest BCUT2D eigenvalue weighted by Gasteiger charge is 2.44. The van der Waals surface area contributed by atoms with E-state index in [0.29, 0.717) is 5.75 Å². The summed E-state index contributed by atoms with van der Waals surface area (Å²) in [5.41, 5.74) is 2.02. The largest absolute Gasteiger partial charge is 0.394 e. The average Bonchev–Trinajstić information content (AvgIpc) is 2.53. The molecule has 1 heterocycles. The van der Waals surface area contributed by atoms with Crippen LogP contribution in [0.2, 0.25) is 0 Å². The molecular weight excluding hydrogens is 342 g/mol. The molecule has 5 atom stereocenters. The van der Waals surface area contributed by atoms with Crippen molar-refractivity contribution >= 4 is 17.7 Å². The average molecular weight is 374 g/mol. The number of ether oxygens (including phenoxy) is 1. The molecule has 144 valence electrons. The lowest BCUT2D eigenvalue weighted by molar-refractivity contribution is -0.173. The van der Waals surface area contributed by atoms with Crippen LogP contribution in [0.15, 0.2) is 23.3 Å². The zero-order valence-electron chi connectivity index (χ0n) is 15.4. The Balaban J connectivity index is 2.65. The van der Waals surface area contributed by atoms with Gasteiger partial charge in [-0.15, -0.1) is 11.8 Å². The summed E-state index contributed by atoms with van der Waals surface area (Å²) in [5.74, 6) is 0.351. The first-order valence-electron chi connectivity index (χ1n) is 8.56. The second-order valence-corrected chi connectivity index (χ2v) is 7.77. The van der Waals surface area contributed by atoms with Crippen molar-refractivity contribution in [3.63, 3.8) is 0 Å². The predicted octanol–water partition coefficient (Wildman–Crippen LogP) is 1.36. The molecule has 0 aromatic carbocycles. The predicted molar refractivity (Wildman–Crippen MR) is 100 cm³/mol. The molecular formula is C18H31NO5S. The number of rotatable bonds is 8. The zero-order valence-corrected chi connectivity index (χ0v) is 16.3. The number of thioether (sulfide) groups is 1. The molecule has 0 aromatic heterocycles. The van der Waals surface area contributed by atoms with Gasteiger partial charge in [-0.1, -0.05) is 23.3 Å². The molecule has 1 saturated heterocycles. The van der Waals surface area contributed by atoms with Gasteiger partial charge in [-0.3, -0.25) is 4.79 Å². The fourth-order valence-electron chi connectivity index (χ4n) is 2.59. The molecule has 7 heteroatoms. The number of aliphatic hydroxyl groups excluding tert-OH is 3. The second kappa shape index (κ2) is 11.0. The van der Waals surface area contributed by atoms with Gasteiger partial charge in [0.15, 0.2) is 0 Å². The summed E-state index contributed by atoms with van der Waals surface area (Å²) >= 11 is 1.43. The number of hydrogen-bond donors (Lipinski definition) is 4. The molecule has 0 radical (unpaired) electrons. The van der Waals surface area contributed by atoms with Crippen molar-refractivity contribution in [2.75, 3.05) is 12.4 Å². The Bertz CT molecular complexity index is 490. The van der Waals surface area contributed by atoms with E-state index in [1.807, 2.05) is 0 Å². The van der Waals surface area contributed by atoms with Crippen molar-refractivity contribution in [3.05, 3.63) is 23.3 Å². The van der Waals surface area contributed by atoms with Gasteiger partial charge in [0, 0.05) is 12.7 Å². The standard InChI is InChI=1S/C18H31NO5S/c1-11(2)6-5-7-12(3)8-9-25-18-15(19-13(4)21)17(23)16(22)14(10-20)24-18/h6,8,14-18,20,22-23H,5,7,9-10H2,1-4H3,(H,19,21)/b12-8+/t14?,15?,16-,17?,18+/m0/s1. The highest BCUT2D eigenvalue weighted by Crippen LogP contribution is 2.29. The summed E-state index contributed by atoms with van der Waals surface area (Å²) in [6, 6.07) is -0.723. The molecule has 0 bridgehead atoms. The van der Waals surface area contributed by atoms with Crippen molar-refractivity contribution in [2.24, 2.45) is 0 Å². The summed E-state index contributed by atoms with van der Waals surface area (Å²) in [4.78, 5) is 11.4. The molecule has 0 saturated carbocycles. The Kier molecular flexibility index (Phi) is 9.74. The van der Waals surface area contributed by atoms with Crippen LogP contribution in [-0.4, -0.2) is 63.4 Å². The van der Waals surface area contributed by atoms with Crippen LogP contribution in [0.5, 0.6) is 0 Å². The molecule has 0 aliphatic carbocycles. The summed E-state index contributed by atoms with van der Waals surface area (Å²) < 4.78 is 5.68. The van der Waals surface area contributed by atoms with Gasteiger partial charge in [-0.2, -0.15) is 0 Å². The van der Waals surface area contributed by atoms with Crippen molar-refractivity contribution in [1.82, 2.24) is 5.32 Å². The monoisotopic (exact) mass is 373 g/mol. The van der Waals surface area contributed by atoms with Crippen LogP contribution in [-0.2, 0) is 9.53 Å². The molecule has 1 fully saturated rings. The number of aliphatic hydroxyl groups is 3. The Morgan fingerprint density at radius 2 is 1.84 bits per heavy atom. The SMILES string of the molecule is CC(=O)NC1C(O)[C@@H](O)C(CO)O[C@@H]1SC/C=C(\C)CCC=C(C)C. The summed E-state index contributed by atoms with van der Waals surface area (Å²) in [6.45, 7) is 7.19. The van der Waals surface area contributed by atoms with Crippen molar-refractivity contribution in [2.45, 2.75) is 70.3 Å². The maximum absolute atomic E-state index is 11.4. The minimum absolute atomic E-state index is 0.304. The number of carbonyl (C=O) groups is 1. The highest BCUT2D eigenvalue weighted by molar-refractivity contribution is 7.99. The molecule has 1 aliphatic rings. The van der Waals surface area contributed by atoms with Crippen molar-refractivity contribution in [1.29, 1.82) is 0 Å². The fraction of sp³-hybridized carbons (Fsp3) is 0.722. The van der Waals surface area contributed by atoms with Crippen LogP contribution in [0.3, 0.4) is 0 Å². The number of carbonyl (C=O) groups excluding carboxylic acids is 1. The molecule has 0 aromatic rings. The van der Waals surface area contributed by atoms with Crippen LogP contribution in [0, 0.1) is 0 Å². The second-order valence-electron chi connectivity index (χ2n) is 6.64. The normalized spacial score (nSPS) is 30.0. The van der Waals surface area contributed by atoms with Crippen LogP contribution in [0.1, 0.15) is 40.5 Å². The lowest BCUT2D eigenvalue weighted by Gasteiger charge is -2.42. The molecule has 3 unspecified atom stereocenters. The Hall–Kier alpha value is -0.860. The van der Waals surface area contributed by atoms with E-state index in [-0.39, 0.29) is 12.5 Å². The molecule has 1 rings (SSSR count). The van der Waals surface area contributed by atoms with Crippen molar-refractivity contribution in [3.8, 4) is 0 Å². The fourth-order valence-corrected chi connectivity index (χ4v) is 3.82. The molecule has 1 aliphatic heterocycles. The van der Waals surface area contributed by atoms with Crippen LogP contribution in [0.25, 0.3) is 0 Å². The number of hydrogen-bond acceptors (Lipinski definition) is 6. The third-order valence-electron chi connectivity index (χ3n) is 4.03. The highest BCUT2D eigenvalue weighted by atomic mass is 32.2. The van der Waals surface area contributed by atoms with Gasteiger partial charge in [-0.05, 0) is 33.6 Å². The topological polar surface area (TPSA) is 99.0 Å². The lowest BCUT2D eigenvalue weighted by atomic mass is 9.98. The Morgan fingerprint density at radius 1 is 1.16 bits per heavy atom. The van der Waals surface area contributed by atoms with Gasteiger partial charge in [0.1, 0.15) is 23.7 Å². The van der Waals surface area contributed by atoms with E-state index in [0.717, 1.165) is 12.8 Å². The van der Waals surface area contributed by atoms with E-state index in [4.69, 9.17) is 4.74 Å². The van der Waals surface area contributed by atoms with E-state index >= 15 is 0 Å². The summed E-state index contributed by atoms with van der Waals surface area (Å²) in [7, 11) is 0. The molecule has 6 nitrogen and oxygen atoms in total. The first-order valence-corrected chi connectivity index (χ1v) is 9.61. The maximum atomic E-state index is 11.4. The maximum Gasteiger partial charge on any atom is 0.217 e. The summed E-state index contributed by atoms with van der Waals surface area (Å²) in [6.07, 6.45) is 3.00. The quantitative estimate of drug-likeness (QED) is 0.480. The smallest absolute Gasteiger partial charge is 0.217 e. The first kappa shape index (κ1) is 22.2. The van der Waals surface area contributed by atoms with E-state index in [1.165, 1.54) is 29.8 Å². The lowest BCUT2D eigenvalue weighted by Crippen LogP contribution is -2.63. The van der Waals surface area contributed by atoms with Gasteiger partial charge < -0.3 is 25.4 Å². The van der Waals surface area contributed by atoms with Gasteiger partial charge in [0.05, 0.1) is 12.6 Å². The number of allylic oxidation sites excluding steroid dienone is 3. The first-order chi connectivity index (χ1) is 11.8. The molecule has 4 N–H and O–H groups in total. The third-order valence-corrected chi connectivity index (χ3v) is 5.13. The van der Waals surface area contributed by atoms with Gasteiger partial charge in [0.2, 0.25) is 5.91 Å². The zero-order chi connectivity index (χ0) is 19.0. The summed E-state index contributed by atoms with van der Waals surface area (Å²) in [5, 5.41) is 32.2. The van der Waals surface area contributed by atoms with Crippen LogP contribution < -0.4 is 5.32 Å². The molecule has 1 amide bonds. The molecule has 0 spiro atoms. The van der Waals surface area contributed by atoms with E-state index < -0.39 is 29.8 Å². The van der Waals surface area contributed by atoms with Gasteiger partial charge in [-0.25, -0.2) is 0 Å².